The van der Waals surface area contributed by atoms with Crippen molar-refractivity contribution in [3.8, 4) is 0 Å². The molecule has 642 valence electrons. The Balaban J connectivity index is 5.23. The van der Waals surface area contributed by atoms with Crippen molar-refractivity contribution in [1.29, 1.82) is 0 Å². The molecule has 17 nitrogen and oxygen atoms in total. The van der Waals surface area contributed by atoms with Crippen molar-refractivity contribution in [1.82, 2.24) is 0 Å². The zero-order valence-electron chi connectivity index (χ0n) is 71.5. The van der Waals surface area contributed by atoms with Crippen LogP contribution in [0.3, 0.4) is 0 Å². The molecule has 0 amide bonds. The maximum Gasteiger partial charge on any atom is 0.472 e. The van der Waals surface area contributed by atoms with E-state index in [9.17, 15) is 43.2 Å². The minimum atomic E-state index is -4.97. The Morgan fingerprint density at radius 1 is 0.250 bits per heavy atom. The first-order valence-corrected chi connectivity index (χ1v) is 48.8. The lowest BCUT2D eigenvalue weighted by atomic mass is 9.99. The summed E-state index contributed by atoms with van der Waals surface area (Å²) in [6.45, 7) is 14.4. The highest BCUT2D eigenvalue weighted by atomic mass is 31.2. The van der Waals surface area contributed by atoms with Crippen LogP contribution in [-0.4, -0.2) is 96.7 Å². The molecular weight excluding hydrogens is 1400 g/mol. The number of phosphoric ester groups is 2. The number of unbranched alkanes of at least 4 members (excludes halogenated alkanes) is 48. The number of esters is 4. The van der Waals surface area contributed by atoms with E-state index in [-0.39, 0.29) is 25.7 Å². The Kier molecular flexibility index (Phi) is 76.2. The van der Waals surface area contributed by atoms with Gasteiger partial charge in [0.2, 0.25) is 0 Å². The van der Waals surface area contributed by atoms with Crippen LogP contribution in [0.1, 0.15) is 466 Å². The molecular formula is C89H174O17P2. The van der Waals surface area contributed by atoms with Crippen molar-refractivity contribution in [2.45, 2.75) is 485 Å². The van der Waals surface area contributed by atoms with E-state index in [0.29, 0.717) is 25.7 Å². The summed E-state index contributed by atoms with van der Waals surface area (Å²) in [6.07, 6.45) is 67.9. The van der Waals surface area contributed by atoms with Gasteiger partial charge in [-0.05, 0) is 49.4 Å². The number of hydrogen-bond donors (Lipinski definition) is 3. The third-order valence-corrected chi connectivity index (χ3v) is 24.2. The molecule has 19 heteroatoms. The first-order chi connectivity index (χ1) is 52.2. The van der Waals surface area contributed by atoms with Crippen molar-refractivity contribution >= 4 is 39.5 Å². The molecule has 0 aliphatic carbocycles. The van der Waals surface area contributed by atoms with E-state index in [4.69, 9.17) is 37.0 Å². The number of aliphatic hydroxyl groups is 1. The van der Waals surface area contributed by atoms with E-state index in [2.05, 4.69) is 55.4 Å². The monoisotopic (exact) mass is 1580 g/mol. The number of phosphoric acid groups is 2. The van der Waals surface area contributed by atoms with E-state index >= 15 is 0 Å². The number of carbonyl (C=O) groups excluding carboxylic acids is 4. The summed E-state index contributed by atoms with van der Waals surface area (Å²) in [4.78, 5) is 73.3. The molecule has 0 aliphatic heterocycles. The van der Waals surface area contributed by atoms with Gasteiger partial charge < -0.3 is 33.8 Å². The summed E-state index contributed by atoms with van der Waals surface area (Å²) in [6, 6.07) is 0. The molecule has 0 saturated heterocycles. The zero-order valence-corrected chi connectivity index (χ0v) is 73.3. The Hall–Kier alpha value is -1.94. The molecule has 0 bridgehead atoms. The Labute approximate surface area is 664 Å². The fourth-order valence-electron chi connectivity index (χ4n) is 13.7. The fraction of sp³-hybridized carbons (Fsp3) is 0.955. The predicted molar refractivity (Wildman–Crippen MR) is 446 cm³/mol. The summed E-state index contributed by atoms with van der Waals surface area (Å²) < 4.78 is 69.0. The SMILES string of the molecule is CCC(C)CCCCCCCCCCCCCCCCCCCCC(=O)OC[C@H](COP(=O)(O)OC[C@@H](O)COP(=O)(O)OC[C@@H](COC(=O)CCCCCCCCC(C)CC)OC(=O)CCCCCCCCCCCCCCCCC(C)CC)OC(=O)CCCCCCCCCCCCCCCCC(C)CC. The first kappa shape index (κ1) is 106. The lowest BCUT2D eigenvalue weighted by Crippen LogP contribution is -2.30. The summed E-state index contributed by atoms with van der Waals surface area (Å²) >= 11 is 0. The highest BCUT2D eigenvalue weighted by Gasteiger charge is 2.31. The van der Waals surface area contributed by atoms with Crippen molar-refractivity contribution in [3.05, 3.63) is 0 Å². The standard InChI is InChI=1S/C89H174O17P2/c1-9-79(5)65-57-49-41-35-29-23-17-15-13-14-16-18-26-32-38-44-53-61-69-86(91)99-75-84(105-88(93)71-63-55-45-39-33-27-21-19-24-30-36-42-50-58-66-80(6)10-2)77-103-107(95,96)101-73-83(90)74-102-108(97,98)104-78-85(76-100-87(92)70-62-54-48-47-52-60-68-82(8)12-4)106-89(94)72-64-56-46-40-34-28-22-20-25-31-37-43-51-59-67-81(7)11-3/h79-85,90H,9-78H2,1-8H3,(H,95,96)(H,97,98)/t79?,80?,81?,82?,83-,84-,85-/m1/s1. The lowest BCUT2D eigenvalue weighted by Gasteiger charge is -2.21. The third-order valence-electron chi connectivity index (χ3n) is 22.3. The van der Waals surface area contributed by atoms with Crippen LogP contribution in [0.15, 0.2) is 0 Å². The van der Waals surface area contributed by atoms with Gasteiger partial charge in [0.25, 0.3) is 0 Å². The van der Waals surface area contributed by atoms with Gasteiger partial charge in [-0.15, -0.1) is 0 Å². The van der Waals surface area contributed by atoms with Crippen molar-refractivity contribution in [2.24, 2.45) is 23.7 Å². The average Bonchev–Trinajstić information content (AvgIpc) is 0.898. The smallest absolute Gasteiger partial charge is 0.462 e. The van der Waals surface area contributed by atoms with E-state index in [1.54, 1.807) is 0 Å². The van der Waals surface area contributed by atoms with Crippen molar-refractivity contribution < 1.29 is 80.2 Å². The summed E-state index contributed by atoms with van der Waals surface area (Å²) in [7, 11) is -9.93. The summed E-state index contributed by atoms with van der Waals surface area (Å²) in [5.74, 6) is 1.19. The Bertz CT molecular complexity index is 2100. The first-order valence-electron chi connectivity index (χ1n) is 45.9. The molecule has 0 rings (SSSR count). The Morgan fingerprint density at radius 2 is 0.417 bits per heavy atom. The van der Waals surface area contributed by atoms with Crippen LogP contribution in [0.4, 0.5) is 0 Å². The molecule has 6 unspecified atom stereocenters. The lowest BCUT2D eigenvalue weighted by molar-refractivity contribution is -0.161. The summed E-state index contributed by atoms with van der Waals surface area (Å²) in [5, 5.41) is 10.7. The molecule has 0 radical (unpaired) electrons. The zero-order chi connectivity index (χ0) is 79.5. The maximum atomic E-state index is 13.2. The van der Waals surface area contributed by atoms with Gasteiger partial charge in [-0.2, -0.15) is 0 Å². The normalized spacial score (nSPS) is 14.9. The maximum absolute atomic E-state index is 13.2. The van der Waals surface area contributed by atoms with Gasteiger partial charge in [0.1, 0.15) is 19.3 Å². The van der Waals surface area contributed by atoms with E-state index in [0.717, 1.165) is 120 Å². The van der Waals surface area contributed by atoms with Crippen LogP contribution in [0.25, 0.3) is 0 Å². The quantitative estimate of drug-likeness (QED) is 0.0222. The average molecular weight is 1580 g/mol. The van der Waals surface area contributed by atoms with Crippen molar-refractivity contribution in [3.63, 3.8) is 0 Å². The number of carbonyl (C=O) groups is 4. The van der Waals surface area contributed by atoms with Gasteiger partial charge in [0.05, 0.1) is 26.4 Å². The molecule has 0 heterocycles. The van der Waals surface area contributed by atoms with Crippen LogP contribution >= 0.6 is 15.6 Å². The number of rotatable bonds is 86. The molecule has 0 aliphatic rings. The van der Waals surface area contributed by atoms with Gasteiger partial charge in [-0.1, -0.05) is 415 Å². The predicted octanol–water partition coefficient (Wildman–Crippen LogP) is 27.1. The van der Waals surface area contributed by atoms with Gasteiger partial charge >= 0.3 is 39.5 Å². The summed E-state index contributed by atoms with van der Waals surface area (Å²) in [5.41, 5.74) is 0. The number of ether oxygens (including phenoxy) is 4. The van der Waals surface area contributed by atoms with Crippen LogP contribution in [0.2, 0.25) is 0 Å². The molecule has 3 N–H and O–H groups in total. The molecule has 0 aromatic carbocycles. The molecule has 0 aromatic heterocycles. The van der Waals surface area contributed by atoms with Gasteiger partial charge in [-0.3, -0.25) is 37.3 Å². The van der Waals surface area contributed by atoms with Crippen LogP contribution < -0.4 is 0 Å². The number of hydrogen-bond acceptors (Lipinski definition) is 15. The second-order valence-electron chi connectivity index (χ2n) is 33.0. The molecule has 0 spiro atoms. The molecule has 0 aromatic rings. The van der Waals surface area contributed by atoms with E-state index < -0.39 is 97.5 Å². The minimum absolute atomic E-state index is 0.107. The van der Waals surface area contributed by atoms with Crippen molar-refractivity contribution in [2.75, 3.05) is 39.6 Å². The number of aliphatic hydroxyl groups excluding tert-OH is 1. The third kappa shape index (κ3) is 76.7. The molecule has 0 fully saturated rings. The van der Waals surface area contributed by atoms with Crippen LogP contribution in [0, 0.1) is 23.7 Å². The second kappa shape index (κ2) is 77.6. The largest absolute Gasteiger partial charge is 0.472 e. The fourth-order valence-corrected chi connectivity index (χ4v) is 15.3. The highest BCUT2D eigenvalue weighted by Crippen LogP contribution is 2.45. The molecule has 108 heavy (non-hydrogen) atoms. The highest BCUT2D eigenvalue weighted by molar-refractivity contribution is 7.47. The Morgan fingerprint density at radius 3 is 0.611 bits per heavy atom. The van der Waals surface area contributed by atoms with E-state index in [1.165, 1.54) is 263 Å². The van der Waals surface area contributed by atoms with E-state index in [1.807, 2.05) is 0 Å². The van der Waals surface area contributed by atoms with Crippen LogP contribution in [0.5, 0.6) is 0 Å². The molecule has 0 saturated carbocycles. The minimum Gasteiger partial charge on any atom is -0.462 e. The topological polar surface area (TPSA) is 237 Å². The second-order valence-corrected chi connectivity index (χ2v) is 35.9. The van der Waals surface area contributed by atoms with Gasteiger partial charge in [0.15, 0.2) is 12.2 Å². The van der Waals surface area contributed by atoms with Crippen LogP contribution in [-0.2, 0) is 65.4 Å². The van der Waals surface area contributed by atoms with Gasteiger partial charge in [-0.25, -0.2) is 9.13 Å². The molecule has 9 atom stereocenters. The van der Waals surface area contributed by atoms with Gasteiger partial charge in [0, 0.05) is 25.7 Å².